The van der Waals surface area contributed by atoms with Crippen molar-refractivity contribution in [2.45, 2.75) is 6.92 Å². The Morgan fingerprint density at radius 3 is 2.67 bits per heavy atom. The van der Waals surface area contributed by atoms with Gasteiger partial charge >= 0.3 is 5.97 Å². The fourth-order valence-electron chi connectivity index (χ4n) is 1.26. The lowest BCUT2D eigenvalue weighted by molar-refractivity contribution is -0.147. The van der Waals surface area contributed by atoms with Crippen molar-refractivity contribution >= 4 is 5.97 Å². The van der Waals surface area contributed by atoms with Crippen molar-refractivity contribution in [2.75, 3.05) is 6.61 Å². The van der Waals surface area contributed by atoms with E-state index in [1.165, 1.54) is 0 Å². The van der Waals surface area contributed by atoms with Gasteiger partial charge in [0.2, 0.25) is 0 Å². The third kappa shape index (κ3) is 1.28. The van der Waals surface area contributed by atoms with E-state index in [1.54, 1.807) is 31.2 Å². The first-order valence-electron chi connectivity index (χ1n) is 3.81. The summed E-state index contributed by atoms with van der Waals surface area (Å²) in [5, 5.41) is 17.8. The van der Waals surface area contributed by atoms with Crippen LogP contribution in [-0.4, -0.2) is 22.8 Å². The van der Waals surface area contributed by atoms with Crippen molar-refractivity contribution in [3.63, 3.8) is 0 Å². The second kappa shape index (κ2) is 3.11. The molecule has 0 spiro atoms. The molecule has 3 heteroatoms. The zero-order valence-corrected chi connectivity index (χ0v) is 6.90. The Kier molecular flexibility index (Phi) is 2.33. The molecule has 1 aliphatic carbocycles. The molecule has 3 nitrogen and oxygen atoms in total. The van der Waals surface area contributed by atoms with Crippen LogP contribution in [0.1, 0.15) is 6.92 Å². The van der Waals surface area contributed by atoms with Crippen LogP contribution in [-0.2, 0) is 4.79 Å². The van der Waals surface area contributed by atoms with E-state index >= 15 is 0 Å². The zero-order valence-electron chi connectivity index (χ0n) is 6.90. The van der Waals surface area contributed by atoms with Crippen LogP contribution in [0.15, 0.2) is 24.3 Å². The molecule has 0 saturated heterocycles. The lowest BCUT2D eigenvalue weighted by Gasteiger charge is -2.29. The Hall–Kier alpha value is -1.09. The summed E-state index contributed by atoms with van der Waals surface area (Å²) in [5.74, 6) is -1.22. The molecule has 12 heavy (non-hydrogen) atoms. The number of hydrogen-bond donors (Lipinski definition) is 2. The molecule has 0 aromatic rings. The number of hydrogen-bond acceptors (Lipinski definition) is 2. The van der Waals surface area contributed by atoms with Gasteiger partial charge in [-0.2, -0.15) is 0 Å². The lowest BCUT2D eigenvalue weighted by Crippen LogP contribution is -2.36. The van der Waals surface area contributed by atoms with E-state index in [2.05, 4.69) is 0 Å². The molecule has 0 amide bonds. The standard InChI is InChI=1S/C9H12O3/c1-9(8(11)12)5-3-2-4-7(9)6-10/h2-5,7,10H,6H2,1H3,(H,11,12). The molecule has 0 fully saturated rings. The van der Waals surface area contributed by atoms with Gasteiger partial charge in [0.1, 0.15) is 0 Å². The van der Waals surface area contributed by atoms with E-state index in [-0.39, 0.29) is 12.5 Å². The number of carbonyl (C=O) groups is 1. The number of allylic oxidation sites excluding steroid dienone is 2. The minimum atomic E-state index is -0.955. The first kappa shape index (κ1) is 9.00. The number of carboxylic acid groups (broad SMARTS) is 1. The van der Waals surface area contributed by atoms with Gasteiger partial charge in [-0.3, -0.25) is 4.79 Å². The van der Waals surface area contributed by atoms with E-state index in [1.807, 2.05) is 0 Å². The molecule has 0 saturated carbocycles. The molecular formula is C9H12O3. The fraction of sp³-hybridized carbons (Fsp3) is 0.444. The van der Waals surface area contributed by atoms with E-state index in [0.29, 0.717) is 0 Å². The summed E-state index contributed by atoms with van der Waals surface area (Å²) >= 11 is 0. The monoisotopic (exact) mass is 168 g/mol. The maximum atomic E-state index is 10.8. The van der Waals surface area contributed by atoms with Gasteiger partial charge in [-0.05, 0) is 6.92 Å². The van der Waals surface area contributed by atoms with Crippen molar-refractivity contribution in [3.05, 3.63) is 24.3 Å². The summed E-state index contributed by atoms with van der Waals surface area (Å²) in [7, 11) is 0. The third-order valence-electron chi connectivity index (χ3n) is 2.32. The minimum Gasteiger partial charge on any atom is -0.481 e. The highest BCUT2D eigenvalue weighted by atomic mass is 16.4. The number of rotatable bonds is 2. The topological polar surface area (TPSA) is 57.5 Å². The normalized spacial score (nSPS) is 33.7. The summed E-state index contributed by atoms with van der Waals surface area (Å²) in [6, 6.07) is 0. The van der Waals surface area contributed by atoms with Crippen molar-refractivity contribution in [2.24, 2.45) is 11.3 Å². The van der Waals surface area contributed by atoms with Crippen molar-refractivity contribution in [1.29, 1.82) is 0 Å². The second-order valence-electron chi connectivity index (χ2n) is 3.12. The highest BCUT2D eigenvalue weighted by Gasteiger charge is 2.38. The summed E-state index contributed by atoms with van der Waals surface area (Å²) < 4.78 is 0. The lowest BCUT2D eigenvalue weighted by atomic mass is 9.75. The van der Waals surface area contributed by atoms with Crippen LogP contribution in [0, 0.1) is 11.3 Å². The van der Waals surface area contributed by atoms with Gasteiger partial charge in [-0.1, -0.05) is 24.3 Å². The van der Waals surface area contributed by atoms with Crippen LogP contribution in [0.3, 0.4) is 0 Å². The van der Waals surface area contributed by atoms with Crippen LogP contribution in [0.5, 0.6) is 0 Å². The molecule has 0 bridgehead atoms. The van der Waals surface area contributed by atoms with Gasteiger partial charge in [0.15, 0.2) is 0 Å². The molecule has 0 aromatic carbocycles. The molecule has 1 rings (SSSR count). The number of aliphatic hydroxyl groups is 1. The van der Waals surface area contributed by atoms with E-state index < -0.39 is 11.4 Å². The summed E-state index contributed by atoms with van der Waals surface area (Å²) in [6.45, 7) is 1.47. The highest BCUT2D eigenvalue weighted by molar-refractivity contribution is 5.78. The Morgan fingerprint density at radius 2 is 2.25 bits per heavy atom. The van der Waals surface area contributed by atoms with Gasteiger partial charge in [0.05, 0.1) is 12.0 Å². The first-order chi connectivity index (χ1) is 5.61. The largest absolute Gasteiger partial charge is 0.481 e. The second-order valence-corrected chi connectivity index (χ2v) is 3.12. The fourth-order valence-corrected chi connectivity index (χ4v) is 1.26. The molecule has 0 radical (unpaired) electrons. The number of aliphatic hydroxyl groups excluding tert-OH is 1. The zero-order chi connectivity index (χ0) is 9.19. The summed E-state index contributed by atoms with van der Waals surface area (Å²) in [5.41, 5.74) is -0.955. The van der Waals surface area contributed by atoms with Crippen LogP contribution in [0.2, 0.25) is 0 Å². The summed E-state index contributed by atoms with van der Waals surface area (Å²) in [4.78, 5) is 10.8. The smallest absolute Gasteiger partial charge is 0.313 e. The maximum absolute atomic E-state index is 10.8. The van der Waals surface area contributed by atoms with Crippen LogP contribution >= 0.6 is 0 Å². The molecule has 1 aliphatic rings. The van der Waals surface area contributed by atoms with Crippen molar-refractivity contribution in [1.82, 2.24) is 0 Å². The predicted molar refractivity (Wildman–Crippen MR) is 44.6 cm³/mol. The molecule has 0 heterocycles. The van der Waals surface area contributed by atoms with Crippen molar-refractivity contribution in [3.8, 4) is 0 Å². The van der Waals surface area contributed by atoms with Crippen LogP contribution in [0.25, 0.3) is 0 Å². The van der Waals surface area contributed by atoms with E-state index in [9.17, 15) is 4.79 Å². The maximum Gasteiger partial charge on any atom is 0.313 e. The number of aliphatic carboxylic acids is 1. The number of carboxylic acids is 1. The quantitative estimate of drug-likeness (QED) is 0.641. The average Bonchev–Trinajstić information content (AvgIpc) is 2.05. The molecular weight excluding hydrogens is 156 g/mol. The third-order valence-corrected chi connectivity index (χ3v) is 2.32. The molecule has 0 aliphatic heterocycles. The molecule has 2 unspecified atom stereocenters. The SMILES string of the molecule is CC1(C(=O)O)C=CC=CC1CO. The van der Waals surface area contributed by atoms with Crippen LogP contribution in [0.4, 0.5) is 0 Å². The van der Waals surface area contributed by atoms with Gasteiger partial charge in [0.25, 0.3) is 0 Å². The van der Waals surface area contributed by atoms with Gasteiger partial charge in [-0.15, -0.1) is 0 Å². The molecule has 2 atom stereocenters. The van der Waals surface area contributed by atoms with Crippen LogP contribution < -0.4 is 0 Å². The van der Waals surface area contributed by atoms with Gasteiger partial charge in [0, 0.05) is 5.92 Å². The Labute approximate surface area is 71.0 Å². The Morgan fingerprint density at radius 1 is 1.58 bits per heavy atom. The Bertz CT molecular complexity index is 242. The van der Waals surface area contributed by atoms with Crippen molar-refractivity contribution < 1.29 is 15.0 Å². The minimum absolute atomic E-state index is 0.135. The summed E-state index contributed by atoms with van der Waals surface area (Å²) in [6.07, 6.45) is 6.77. The van der Waals surface area contributed by atoms with Gasteiger partial charge < -0.3 is 10.2 Å². The predicted octanol–water partition coefficient (Wildman–Crippen LogP) is 0.812. The van der Waals surface area contributed by atoms with Gasteiger partial charge in [-0.25, -0.2) is 0 Å². The first-order valence-corrected chi connectivity index (χ1v) is 3.81. The molecule has 0 aromatic heterocycles. The molecule has 2 N–H and O–H groups in total. The molecule has 66 valence electrons. The Balaban J connectivity index is 2.94. The van der Waals surface area contributed by atoms with E-state index in [0.717, 1.165) is 0 Å². The highest BCUT2D eigenvalue weighted by Crippen LogP contribution is 2.32. The average molecular weight is 168 g/mol. The van der Waals surface area contributed by atoms with E-state index in [4.69, 9.17) is 10.2 Å².